The first-order valence-corrected chi connectivity index (χ1v) is 8.81. The van der Waals surface area contributed by atoms with Crippen LogP contribution in [0.1, 0.15) is 43.0 Å². The molecule has 3 aromatic rings. The molecule has 1 aromatic carbocycles. The molecule has 0 bridgehead atoms. The van der Waals surface area contributed by atoms with Crippen LogP contribution >= 0.6 is 0 Å². The molecule has 1 amide bonds. The molecule has 1 aliphatic rings. The molecule has 4 heteroatoms. The molecule has 1 atom stereocenters. The average molecular weight is 321 g/mol. The Labute approximate surface area is 141 Å². The predicted molar refractivity (Wildman–Crippen MR) is 95.8 cm³/mol. The van der Waals surface area contributed by atoms with Crippen LogP contribution in [0, 0.1) is 0 Å². The van der Waals surface area contributed by atoms with Crippen molar-refractivity contribution in [1.29, 1.82) is 0 Å². The number of carbonyl (C=O) groups excluding carboxylic acids is 1. The number of H-pyrrole nitrogens is 1. The summed E-state index contributed by atoms with van der Waals surface area (Å²) in [4.78, 5) is 15.9. The first kappa shape index (κ1) is 15.1. The van der Waals surface area contributed by atoms with Gasteiger partial charge in [-0.1, -0.05) is 18.2 Å². The number of hydrogen-bond donors (Lipinski definition) is 2. The minimum atomic E-state index is 0.125. The van der Waals surface area contributed by atoms with Crippen molar-refractivity contribution in [2.75, 3.05) is 0 Å². The second-order valence-electron chi connectivity index (χ2n) is 6.60. The van der Waals surface area contributed by atoms with Gasteiger partial charge in [0.25, 0.3) is 0 Å². The van der Waals surface area contributed by atoms with Crippen molar-refractivity contribution in [3.63, 3.8) is 0 Å². The van der Waals surface area contributed by atoms with Gasteiger partial charge in [-0.2, -0.15) is 0 Å². The first-order valence-electron chi connectivity index (χ1n) is 8.81. The van der Waals surface area contributed by atoms with Gasteiger partial charge in [-0.25, -0.2) is 0 Å². The Morgan fingerprint density at radius 3 is 2.92 bits per heavy atom. The third kappa shape index (κ3) is 2.96. The molecule has 2 aromatic heterocycles. The molecule has 24 heavy (non-hydrogen) atoms. The molecule has 0 fully saturated rings. The van der Waals surface area contributed by atoms with Crippen molar-refractivity contribution in [3.05, 3.63) is 60.0 Å². The van der Waals surface area contributed by atoms with Gasteiger partial charge in [-0.3, -0.25) is 4.79 Å². The molecule has 0 radical (unpaired) electrons. The molecule has 0 saturated carbocycles. The number of nitrogens with zero attached hydrogens (tertiary/aromatic N) is 1. The molecule has 124 valence electrons. The maximum absolute atomic E-state index is 12.3. The highest BCUT2D eigenvalue weighted by atomic mass is 16.1. The number of hydrogen-bond acceptors (Lipinski definition) is 1. The molecule has 4 nitrogen and oxygen atoms in total. The van der Waals surface area contributed by atoms with Crippen molar-refractivity contribution in [2.24, 2.45) is 0 Å². The molecular formula is C20H23N3O. The first-order chi connectivity index (χ1) is 11.8. The molecule has 2 N–H and O–H groups in total. The van der Waals surface area contributed by atoms with Crippen LogP contribution in [0.4, 0.5) is 0 Å². The SMILES string of the molecule is O=C(CCCn1cccc1)N[C@H]1CCCc2c1[nH]c1ccccc21. The van der Waals surface area contributed by atoms with E-state index in [1.807, 2.05) is 24.5 Å². The Morgan fingerprint density at radius 1 is 1.21 bits per heavy atom. The van der Waals surface area contributed by atoms with Gasteiger partial charge in [-0.15, -0.1) is 0 Å². The molecule has 1 aliphatic carbocycles. The summed E-state index contributed by atoms with van der Waals surface area (Å²) in [6, 6.07) is 12.6. The van der Waals surface area contributed by atoms with Crippen LogP contribution in [-0.4, -0.2) is 15.5 Å². The van der Waals surface area contributed by atoms with Crippen molar-refractivity contribution >= 4 is 16.8 Å². The quantitative estimate of drug-likeness (QED) is 0.734. The van der Waals surface area contributed by atoms with E-state index in [1.54, 1.807) is 0 Å². The monoisotopic (exact) mass is 321 g/mol. The Balaban J connectivity index is 1.41. The van der Waals surface area contributed by atoms with Crippen molar-refractivity contribution in [1.82, 2.24) is 14.9 Å². The highest BCUT2D eigenvalue weighted by molar-refractivity contribution is 5.85. The Kier molecular flexibility index (Phi) is 4.11. The highest BCUT2D eigenvalue weighted by Gasteiger charge is 2.25. The fourth-order valence-electron chi connectivity index (χ4n) is 3.77. The minimum absolute atomic E-state index is 0.125. The topological polar surface area (TPSA) is 49.8 Å². The number of nitrogens with one attached hydrogen (secondary N) is 2. The van der Waals surface area contributed by atoms with Gasteiger partial charge in [0, 0.05) is 42.0 Å². The molecule has 0 saturated heterocycles. The molecular weight excluding hydrogens is 298 g/mol. The maximum Gasteiger partial charge on any atom is 0.220 e. The van der Waals surface area contributed by atoms with Gasteiger partial charge in [-0.05, 0) is 49.4 Å². The van der Waals surface area contributed by atoms with E-state index in [-0.39, 0.29) is 11.9 Å². The molecule has 4 rings (SSSR count). The predicted octanol–water partition coefficient (Wildman–Crippen LogP) is 3.94. The number of rotatable bonds is 5. The van der Waals surface area contributed by atoms with Crippen molar-refractivity contribution in [3.8, 4) is 0 Å². The smallest absolute Gasteiger partial charge is 0.220 e. The number of amides is 1. The number of benzene rings is 1. The summed E-state index contributed by atoms with van der Waals surface area (Å²) in [5.74, 6) is 0.152. The van der Waals surface area contributed by atoms with E-state index in [4.69, 9.17) is 0 Å². The fourth-order valence-corrected chi connectivity index (χ4v) is 3.77. The minimum Gasteiger partial charge on any atom is -0.356 e. The van der Waals surface area contributed by atoms with E-state index in [0.29, 0.717) is 6.42 Å². The van der Waals surface area contributed by atoms with E-state index < -0.39 is 0 Å². The summed E-state index contributed by atoms with van der Waals surface area (Å²) in [6.45, 7) is 0.892. The Hall–Kier alpha value is -2.49. The summed E-state index contributed by atoms with van der Waals surface area (Å²) < 4.78 is 2.11. The third-order valence-corrected chi connectivity index (χ3v) is 4.94. The van der Waals surface area contributed by atoms with Crippen LogP contribution in [-0.2, 0) is 17.8 Å². The fraction of sp³-hybridized carbons (Fsp3) is 0.350. The van der Waals surface area contributed by atoms with Crippen molar-refractivity contribution < 1.29 is 4.79 Å². The van der Waals surface area contributed by atoms with E-state index in [2.05, 4.69) is 39.1 Å². The summed E-state index contributed by atoms with van der Waals surface area (Å²) >= 11 is 0. The average Bonchev–Trinajstić information content (AvgIpc) is 3.23. The number of carbonyl (C=O) groups is 1. The van der Waals surface area contributed by atoms with E-state index in [0.717, 1.165) is 32.2 Å². The van der Waals surface area contributed by atoms with E-state index in [1.165, 1.54) is 22.2 Å². The van der Waals surface area contributed by atoms with Gasteiger partial charge in [0.15, 0.2) is 0 Å². The third-order valence-electron chi connectivity index (χ3n) is 4.94. The van der Waals surface area contributed by atoms with Gasteiger partial charge in [0.1, 0.15) is 0 Å². The lowest BCUT2D eigenvalue weighted by Gasteiger charge is -2.24. The van der Waals surface area contributed by atoms with Crippen LogP contribution in [0.3, 0.4) is 0 Å². The number of para-hydroxylation sites is 1. The molecule has 2 heterocycles. The maximum atomic E-state index is 12.3. The zero-order valence-corrected chi connectivity index (χ0v) is 13.8. The standard InChI is InChI=1S/C20H23N3O/c24-19(11-6-14-23-12-3-4-13-23)21-18-10-5-8-16-15-7-1-2-9-17(15)22-20(16)18/h1-4,7,9,12-13,18,22H,5-6,8,10-11,14H2,(H,21,24)/t18-/m0/s1. The second kappa shape index (κ2) is 6.56. The van der Waals surface area contributed by atoms with Crippen LogP contribution in [0.15, 0.2) is 48.8 Å². The lowest BCUT2D eigenvalue weighted by atomic mass is 9.91. The number of fused-ring (bicyclic) bond motifs is 3. The lowest BCUT2D eigenvalue weighted by Crippen LogP contribution is -2.31. The number of aromatic amines is 1. The highest BCUT2D eigenvalue weighted by Crippen LogP contribution is 2.34. The van der Waals surface area contributed by atoms with Crippen LogP contribution < -0.4 is 5.32 Å². The van der Waals surface area contributed by atoms with Crippen LogP contribution in [0.5, 0.6) is 0 Å². The largest absolute Gasteiger partial charge is 0.356 e. The van der Waals surface area contributed by atoms with Gasteiger partial charge in [0.2, 0.25) is 5.91 Å². The summed E-state index contributed by atoms with van der Waals surface area (Å²) in [6.07, 6.45) is 8.76. The summed E-state index contributed by atoms with van der Waals surface area (Å²) in [5.41, 5.74) is 3.77. The van der Waals surface area contributed by atoms with Crippen LogP contribution in [0.25, 0.3) is 10.9 Å². The molecule has 0 spiro atoms. The second-order valence-corrected chi connectivity index (χ2v) is 6.60. The van der Waals surface area contributed by atoms with Crippen LogP contribution in [0.2, 0.25) is 0 Å². The Bertz CT molecular complexity index is 832. The zero-order valence-electron chi connectivity index (χ0n) is 13.8. The summed E-state index contributed by atoms with van der Waals surface area (Å²) in [5, 5.41) is 4.54. The Morgan fingerprint density at radius 2 is 2.04 bits per heavy atom. The molecule has 0 aliphatic heterocycles. The molecule has 0 unspecified atom stereocenters. The van der Waals surface area contributed by atoms with Gasteiger partial charge in [0.05, 0.1) is 6.04 Å². The van der Waals surface area contributed by atoms with Gasteiger partial charge < -0.3 is 14.9 Å². The summed E-state index contributed by atoms with van der Waals surface area (Å²) in [7, 11) is 0. The van der Waals surface area contributed by atoms with E-state index in [9.17, 15) is 4.79 Å². The number of aromatic nitrogens is 2. The van der Waals surface area contributed by atoms with Gasteiger partial charge >= 0.3 is 0 Å². The number of aryl methyl sites for hydroxylation is 2. The van der Waals surface area contributed by atoms with E-state index >= 15 is 0 Å². The zero-order chi connectivity index (χ0) is 16.4. The van der Waals surface area contributed by atoms with Crippen molar-refractivity contribution in [2.45, 2.75) is 44.7 Å². The lowest BCUT2D eigenvalue weighted by molar-refractivity contribution is -0.122. The normalized spacial score (nSPS) is 16.9.